The van der Waals surface area contributed by atoms with E-state index in [0.29, 0.717) is 13.4 Å². The number of nitrogens with two attached hydrogens (primary N) is 1. The molecule has 2 aromatic carbocycles. The molecule has 0 saturated carbocycles. The van der Waals surface area contributed by atoms with Crippen molar-refractivity contribution in [3.8, 4) is 17.2 Å². The Balaban J connectivity index is 1.56. The molecular weight excluding hydrogens is 242 g/mol. The average molecular weight is 257 g/mol. The Morgan fingerprint density at radius 2 is 1.79 bits per heavy atom. The number of anilines is 1. The van der Waals surface area contributed by atoms with Crippen LogP contribution in [0, 0.1) is 0 Å². The number of benzene rings is 2. The van der Waals surface area contributed by atoms with Gasteiger partial charge in [0.2, 0.25) is 6.79 Å². The minimum atomic E-state index is 0.306. The molecule has 1 aliphatic rings. The molecular formula is C15H15NO3. The van der Waals surface area contributed by atoms with Gasteiger partial charge in [-0.2, -0.15) is 0 Å². The first-order valence-electron chi connectivity index (χ1n) is 6.18. The predicted octanol–water partition coefficient (Wildman–Crippen LogP) is 2.62. The van der Waals surface area contributed by atoms with Crippen LogP contribution in [0.3, 0.4) is 0 Å². The van der Waals surface area contributed by atoms with E-state index in [9.17, 15) is 0 Å². The zero-order valence-corrected chi connectivity index (χ0v) is 10.5. The maximum Gasteiger partial charge on any atom is 0.231 e. The van der Waals surface area contributed by atoms with Gasteiger partial charge in [-0.25, -0.2) is 0 Å². The van der Waals surface area contributed by atoms with Gasteiger partial charge in [-0.3, -0.25) is 0 Å². The molecule has 3 rings (SSSR count). The third-order valence-corrected chi connectivity index (χ3v) is 2.98. The quantitative estimate of drug-likeness (QED) is 0.855. The Kier molecular flexibility index (Phi) is 3.14. The second-order valence-electron chi connectivity index (χ2n) is 4.36. The molecule has 98 valence electrons. The number of nitrogen functional groups attached to an aromatic ring is 1. The van der Waals surface area contributed by atoms with Crippen molar-refractivity contribution in [2.75, 3.05) is 19.1 Å². The zero-order chi connectivity index (χ0) is 13.1. The van der Waals surface area contributed by atoms with E-state index in [4.69, 9.17) is 19.9 Å². The van der Waals surface area contributed by atoms with E-state index in [1.807, 2.05) is 42.5 Å². The largest absolute Gasteiger partial charge is 0.493 e. The summed E-state index contributed by atoms with van der Waals surface area (Å²) in [6.07, 6.45) is 0.820. The molecule has 0 spiro atoms. The molecule has 0 atom stereocenters. The molecule has 0 bridgehead atoms. The van der Waals surface area contributed by atoms with Crippen molar-refractivity contribution in [1.82, 2.24) is 0 Å². The van der Waals surface area contributed by atoms with Crippen LogP contribution in [0.4, 0.5) is 5.69 Å². The van der Waals surface area contributed by atoms with Crippen LogP contribution in [0.1, 0.15) is 5.56 Å². The van der Waals surface area contributed by atoms with Gasteiger partial charge in [-0.1, -0.05) is 6.07 Å². The number of fused-ring (bicyclic) bond motifs is 1. The van der Waals surface area contributed by atoms with Gasteiger partial charge < -0.3 is 19.9 Å². The van der Waals surface area contributed by atoms with Gasteiger partial charge in [0.15, 0.2) is 11.5 Å². The normalized spacial score (nSPS) is 12.4. The highest BCUT2D eigenvalue weighted by molar-refractivity contribution is 5.44. The molecule has 1 aliphatic heterocycles. The van der Waals surface area contributed by atoms with Gasteiger partial charge in [0.25, 0.3) is 0 Å². The number of hydrogen-bond donors (Lipinski definition) is 1. The molecule has 1 heterocycles. The first-order valence-corrected chi connectivity index (χ1v) is 6.18. The summed E-state index contributed by atoms with van der Waals surface area (Å²) in [6, 6.07) is 13.4. The minimum absolute atomic E-state index is 0.306. The van der Waals surface area contributed by atoms with Crippen molar-refractivity contribution in [3.63, 3.8) is 0 Å². The van der Waals surface area contributed by atoms with Gasteiger partial charge in [0.05, 0.1) is 6.61 Å². The molecule has 0 amide bonds. The summed E-state index contributed by atoms with van der Waals surface area (Å²) < 4.78 is 16.3. The molecule has 0 fully saturated rings. The van der Waals surface area contributed by atoms with E-state index < -0.39 is 0 Å². The Morgan fingerprint density at radius 1 is 1.00 bits per heavy atom. The molecule has 19 heavy (non-hydrogen) atoms. The maximum atomic E-state index is 5.66. The van der Waals surface area contributed by atoms with Crippen LogP contribution >= 0.6 is 0 Å². The predicted molar refractivity (Wildman–Crippen MR) is 72.6 cm³/mol. The molecule has 0 unspecified atom stereocenters. The van der Waals surface area contributed by atoms with Crippen molar-refractivity contribution in [1.29, 1.82) is 0 Å². The fraction of sp³-hybridized carbons (Fsp3) is 0.200. The van der Waals surface area contributed by atoms with Crippen LogP contribution in [-0.4, -0.2) is 13.4 Å². The van der Waals surface area contributed by atoms with Crippen molar-refractivity contribution >= 4 is 5.69 Å². The van der Waals surface area contributed by atoms with E-state index in [-0.39, 0.29) is 0 Å². The van der Waals surface area contributed by atoms with E-state index in [2.05, 4.69) is 0 Å². The standard InChI is InChI=1S/C15H15NO3/c16-12-2-4-13(5-3-12)17-8-7-11-1-6-14-15(9-11)19-10-18-14/h1-6,9H,7-8,10,16H2. The molecule has 0 aliphatic carbocycles. The Labute approximate surface area is 111 Å². The fourth-order valence-electron chi connectivity index (χ4n) is 1.95. The Hall–Kier alpha value is -2.36. The fourth-order valence-corrected chi connectivity index (χ4v) is 1.95. The van der Waals surface area contributed by atoms with E-state index >= 15 is 0 Å². The zero-order valence-electron chi connectivity index (χ0n) is 10.5. The SMILES string of the molecule is Nc1ccc(OCCc2ccc3c(c2)OCO3)cc1. The number of ether oxygens (including phenoxy) is 3. The lowest BCUT2D eigenvalue weighted by Gasteiger charge is -2.07. The summed E-state index contributed by atoms with van der Waals surface area (Å²) in [6.45, 7) is 0.921. The number of rotatable bonds is 4. The van der Waals surface area contributed by atoms with E-state index in [1.165, 1.54) is 5.56 Å². The van der Waals surface area contributed by atoms with Crippen molar-refractivity contribution in [2.24, 2.45) is 0 Å². The molecule has 4 nitrogen and oxygen atoms in total. The summed E-state index contributed by atoms with van der Waals surface area (Å²) in [5, 5.41) is 0. The summed E-state index contributed by atoms with van der Waals surface area (Å²) in [7, 11) is 0. The second-order valence-corrected chi connectivity index (χ2v) is 4.36. The van der Waals surface area contributed by atoms with Crippen LogP contribution in [-0.2, 0) is 6.42 Å². The molecule has 2 aromatic rings. The highest BCUT2D eigenvalue weighted by atomic mass is 16.7. The average Bonchev–Trinajstić information content (AvgIpc) is 2.88. The third-order valence-electron chi connectivity index (χ3n) is 2.98. The second kappa shape index (κ2) is 5.10. The Morgan fingerprint density at radius 3 is 2.63 bits per heavy atom. The highest BCUT2D eigenvalue weighted by Gasteiger charge is 2.12. The summed E-state index contributed by atoms with van der Waals surface area (Å²) in [5.41, 5.74) is 7.52. The molecule has 0 aromatic heterocycles. The smallest absolute Gasteiger partial charge is 0.231 e. The lowest BCUT2D eigenvalue weighted by Crippen LogP contribution is -2.01. The van der Waals surface area contributed by atoms with Gasteiger partial charge in [-0.15, -0.1) is 0 Å². The molecule has 4 heteroatoms. The van der Waals surface area contributed by atoms with Crippen LogP contribution < -0.4 is 19.9 Å². The van der Waals surface area contributed by atoms with Crippen LogP contribution in [0.15, 0.2) is 42.5 Å². The van der Waals surface area contributed by atoms with Crippen LogP contribution in [0.5, 0.6) is 17.2 Å². The van der Waals surface area contributed by atoms with Gasteiger partial charge >= 0.3 is 0 Å². The number of hydrogen-bond acceptors (Lipinski definition) is 4. The monoisotopic (exact) mass is 257 g/mol. The summed E-state index contributed by atoms with van der Waals surface area (Å²) >= 11 is 0. The van der Waals surface area contributed by atoms with Crippen molar-refractivity contribution in [3.05, 3.63) is 48.0 Å². The third kappa shape index (κ3) is 2.73. The molecule has 0 saturated heterocycles. The Bertz CT molecular complexity index is 566. The maximum absolute atomic E-state index is 5.66. The summed E-state index contributed by atoms with van der Waals surface area (Å²) in [4.78, 5) is 0. The highest BCUT2D eigenvalue weighted by Crippen LogP contribution is 2.32. The van der Waals surface area contributed by atoms with Gasteiger partial charge in [-0.05, 0) is 42.0 Å². The summed E-state index contributed by atoms with van der Waals surface area (Å²) in [5.74, 6) is 2.45. The minimum Gasteiger partial charge on any atom is -0.493 e. The first kappa shape index (κ1) is 11.7. The van der Waals surface area contributed by atoms with Gasteiger partial charge in [0, 0.05) is 12.1 Å². The van der Waals surface area contributed by atoms with Gasteiger partial charge in [0.1, 0.15) is 5.75 Å². The van der Waals surface area contributed by atoms with Crippen LogP contribution in [0.2, 0.25) is 0 Å². The van der Waals surface area contributed by atoms with Crippen LogP contribution in [0.25, 0.3) is 0 Å². The molecule has 0 radical (unpaired) electrons. The van der Waals surface area contributed by atoms with Crippen molar-refractivity contribution < 1.29 is 14.2 Å². The first-order chi connectivity index (χ1) is 9.31. The van der Waals surface area contributed by atoms with E-state index in [0.717, 1.165) is 29.4 Å². The lowest BCUT2D eigenvalue weighted by atomic mass is 10.1. The molecule has 2 N–H and O–H groups in total. The van der Waals surface area contributed by atoms with E-state index in [1.54, 1.807) is 0 Å². The lowest BCUT2D eigenvalue weighted by molar-refractivity contribution is 0.174. The topological polar surface area (TPSA) is 53.7 Å². The van der Waals surface area contributed by atoms with Crippen molar-refractivity contribution in [2.45, 2.75) is 6.42 Å².